The van der Waals surface area contributed by atoms with Gasteiger partial charge in [0.05, 0.1) is 0 Å². The van der Waals surface area contributed by atoms with E-state index in [2.05, 4.69) is 19.2 Å². The zero-order chi connectivity index (χ0) is 13.8. The molecule has 1 heterocycles. The van der Waals surface area contributed by atoms with Crippen LogP contribution in [0.1, 0.15) is 71.6 Å². The Morgan fingerprint density at radius 2 is 1.70 bits per heavy atom. The molecule has 0 aromatic rings. The van der Waals surface area contributed by atoms with Gasteiger partial charge in [-0.15, -0.1) is 0 Å². The molecule has 1 heteroatoms. The zero-order valence-corrected chi connectivity index (χ0v) is 13.6. The normalized spacial score (nSPS) is 55.5. The minimum Gasteiger partial charge on any atom is -0.317 e. The van der Waals surface area contributed by atoms with E-state index in [0.29, 0.717) is 5.41 Å². The summed E-state index contributed by atoms with van der Waals surface area (Å²) in [6.07, 6.45) is 13.7. The number of fused-ring (bicyclic) bond motifs is 5. The summed E-state index contributed by atoms with van der Waals surface area (Å²) in [6.45, 7) is 7.86. The molecule has 0 amide bonds. The van der Waals surface area contributed by atoms with Gasteiger partial charge in [0.2, 0.25) is 0 Å². The van der Waals surface area contributed by atoms with E-state index in [1.165, 1.54) is 51.6 Å². The molecule has 0 bridgehead atoms. The Morgan fingerprint density at radius 1 is 0.800 bits per heavy atom. The standard InChI is InChI=1S/C19H33N/c1-18-9-3-4-16(18)15-6-5-14-8-12-20-13-11-19(14,2)17(15)7-10-18/h14-17,20H,3-13H2,1-2H3. The summed E-state index contributed by atoms with van der Waals surface area (Å²) in [5, 5.41) is 3.68. The average molecular weight is 275 g/mol. The highest BCUT2D eigenvalue weighted by atomic mass is 14.9. The van der Waals surface area contributed by atoms with Crippen LogP contribution in [0.25, 0.3) is 0 Å². The first-order valence-corrected chi connectivity index (χ1v) is 9.34. The van der Waals surface area contributed by atoms with Crippen molar-refractivity contribution in [1.82, 2.24) is 5.32 Å². The molecule has 3 saturated carbocycles. The monoisotopic (exact) mass is 275 g/mol. The van der Waals surface area contributed by atoms with E-state index in [4.69, 9.17) is 0 Å². The Kier molecular flexibility index (Phi) is 3.22. The SMILES string of the molecule is CC12CCCC1C1CCC3CCNCCC3(C)C1CC2. The Bertz CT molecular complexity index is 378. The van der Waals surface area contributed by atoms with Crippen LogP contribution in [-0.2, 0) is 0 Å². The Labute approximate surface area is 125 Å². The van der Waals surface area contributed by atoms with Crippen LogP contribution in [0.4, 0.5) is 0 Å². The van der Waals surface area contributed by atoms with Crippen molar-refractivity contribution >= 4 is 0 Å². The first-order valence-electron chi connectivity index (χ1n) is 9.34. The maximum Gasteiger partial charge on any atom is -0.00435 e. The first kappa shape index (κ1) is 13.6. The molecule has 3 aliphatic carbocycles. The lowest BCUT2D eigenvalue weighted by Crippen LogP contribution is -2.50. The number of hydrogen-bond acceptors (Lipinski definition) is 1. The molecule has 4 aliphatic rings. The van der Waals surface area contributed by atoms with Gasteiger partial charge in [-0.2, -0.15) is 0 Å². The van der Waals surface area contributed by atoms with E-state index in [9.17, 15) is 0 Å². The molecule has 0 aromatic heterocycles. The molecule has 1 aliphatic heterocycles. The summed E-state index contributed by atoms with van der Waals surface area (Å²) in [6, 6.07) is 0. The van der Waals surface area contributed by atoms with Crippen molar-refractivity contribution in [2.75, 3.05) is 13.1 Å². The van der Waals surface area contributed by atoms with Crippen LogP contribution in [-0.4, -0.2) is 13.1 Å². The Balaban J connectivity index is 1.64. The summed E-state index contributed by atoms with van der Waals surface area (Å²) in [4.78, 5) is 0. The number of nitrogens with one attached hydrogen (secondary N) is 1. The van der Waals surface area contributed by atoms with Crippen LogP contribution < -0.4 is 5.32 Å². The maximum absolute atomic E-state index is 3.68. The quantitative estimate of drug-likeness (QED) is 0.680. The highest BCUT2D eigenvalue weighted by molar-refractivity contribution is 5.06. The average Bonchev–Trinajstić information content (AvgIpc) is 2.71. The van der Waals surface area contributed by atoms with E-state index in [-0.39, 0.29) is 0 Å². The van der Waals surface area contributed by atoms with Crippen molar-refractivity contribution in [3.8, 4) is 0 Å². The van der Waals surface area contributed by atoms with E-state index < -0.39 is 0 Å². The molecule has 0 spiro atoms. The highest BCUT2D eigenvalue weighted by Crippen LogP contribution is 2.65. The van der Waals surface area contributed by atoms with Gasteiger partial charge in [-0.25, -0.2) is 0 Å². The Morgan fingerprint density at radius 3 is 2.60 bits per heavy atom. The van der Waals surface area contributed by atoms with Crippen molar-refractivity contribution in [2.24, 2.45) is 34.5 Å². The fraction of sp³-hybridized carbons (Fsp3) is 1.00. The summed E-state index contributed by atoms with van der Waals surface area (Å²) in [5.41, 5.74) is 1.39. The summed E-state index contributed by atoms with van der Waals surface area (Å²) in [5.74, 6) is 4.23. The van der Waals surface area contributed by atoms with Crippen LogP contribution in [0.2, 0.25) is 0 Å². The molecular formula is C19H33N. The molecule has 1 saturated heterocycles. The predicted molar refractivity (Wildman–Crippen MR) is 84.6 cm³/mol. The maximum atomic E-state index is 3.68. The van der Waals surface area contributed by atoms with Gasteiger partial charge in [0.25, 0.3) is 0 Å². The van der Waals surface area contributed by atoms with Gasteiger partial charge in [0, 0.05) is 0 Å². The van der Waals surface area contributed by atoms with Gasteiger partial charge in [-0.3, -0.25) is 0 Å². The number of hydrogen-bond donors (Lipinski definition) is 1. The van der Waals surface area contributed by atoms with Gasteiger partial charge < -0.3 is 5.32 Å². The fourth-order valence-electron chi connectivity index (χ4n) is 7.15. The lowest BCUT2D eigenvalue weighted by molar-refractivity contribution is -0.0877. The lowest BCUT2D eigenvalue weighted by Gasteiger charge is -2.58. The second-order valence-corrected chi connectivity index (χ2v) is 9.03. The van der Waals surface area contributed by atoms with Gasteiger partial charge in [0.15, 0.2) is 0 Å². The molecule has 20 heavy (non-hydrogen) atoms. The molecule has 114 valence electrons. The molecule has 4 fully saturated rings. The van der Waals surface area contributed by atoms with E-state index >= 15 is 0 Å². The minimum atomic E-state index is 0.663. The van der Waals surface area contributed by atoms with Gasteiger partial charge in [0.1, 0.15) is 0 Å². The molecule has 6 unspecified atom stereocenters. The minimum absolute atomic E-state index is 0.663. The van der Waals surface area contributed by atoms with E-state index in [1.807, 2.05) is 0 Å². The topological polar surface area (TPSA) is 12.0 Å². The predicted octanol–water partition coefficient (Wildman–Crippen LogP) is 4.62. The van der Waals surface area contributed by atoms with E-state index in [0.717, 1.165) is 29.1 Å². The Hall–Kier alpha value is -0.0400. The summed E-state index contributed by atoms with van der Waals surface area (Å²) >= 11 is 0. The largest absolute Gasteiger partial charge is 0.317 e. The molecule has 4 rings (SSSR count). The third-order valence-electron chi connectivity index (χ3n) is 8.36. The van der Waals surface area contributed by atoms with Crippen LogP contribution >= 0.6 is 0 Å². The third-order valence-corrected chi connectivity index (χ3v) is 8.36. The van der Waals surface area contributed by atoms with Crippen molar-refractivity contribution in [2.45, 2.75) is 71.6 Å². The van der Waals surface area contributed by atoms with Gasteiger partial charge in [-0.1, -0.05) is 20.3 Å². The molecule has 1 nitrogen and oxygen atoms in total. The molecular weight excluding hydrogens is 242 g/mol. The van der Waals surface area contributed by atoms with Crippen molar-refractivity contribution in [1.29, 1.82) is 0 Å². The third kappa shape index (κ3) is 1.84. The molecule has 0 aromatic carbocycles. The van der Waals surface area contributed by atoms with Crippen LogP contribution in [0.5, 0.6) is 0 Å². The van der Waals surface area contributed by atoms with E-state index in [1.54, 1.807) is 19.3 Å². The number of rotatable bonds is 0. The fourth-order valence-corrected chi connectivity index (χ4v) is 7.15. The lowest BCUT2D eigenvalue weighted by atomic mass is 9.47. The summed E-state index contributed by atoms with van der Waals surface area (Å²) in [7, 11) is 0. The van der Waals surface area contributed by atoms with Crippen molar-refractivity contribution < 1.29 is 0 Å². The molecule has 6 atom stereocenters. The summed E-state index contributed by atoms with van der Waals surface area (Å²) < 4.78 is 0. The zero-order valence-electron chi connectivity index (χ0n) is 13.6. The second kappa shape index (κ2) is 4.73. The van der Waals surface area contributed by atoms with Crippen LogP contribution in [0.15, 0.2) is 0 Å². The molecule has 0 radical (unpaired) electrons. The van der Waals surface area contributed by atoms with Crippen molar-refractivity contribution in [3.63, 3.8) is 0 Å². The second-order valence-electron chi connectivity index (χ2n) is 9.03. The van der Waals surface area contributed by atoms with Crippen LogP contribution in [0, 0.1) is 34.5 Å². The van der Waals surface area contributed by atoms with Crippen molar-refractivity contribution in [3.05, 3.63) is 0 Å². The van der Waals surface area contributed by atoms with Gasteiger partial charge >= 0.3 is 0 Å². The van der Waals surface area contributed by atoms with Crippen LogP contribution in [0.3, 0.4) is 0 Å². The molecule has 1 N–H and O–H groups in total. The smallest absolute Gasteiger partial charge is 0.00435 e. The highest BCUT2D eigenvalue weighted by Gasteiger charge is 2.56. The van der Waals surface area contributed by atoms with Gasteiger partial charge in [-0.05, 0) is 99.0 Å². The first-order chi connectivity index (χ1) is 9.63.